The van der Waals surface area contributed by atoms with Gasteiger partial charge in [-0.3, -0.25) is 4.79 Å². The first-order chi connectivity index (χ1) is 11.7. The number of carbonyl (C=O) groups excluding carboxylic acids is 1. The van der Waals surface area contributed by atoms with Crippen molar-refractivity contribution in [2.24, 2.45) is 0 Å². The minimum Gasteiger partial charge on any atom is -0.360 e. The number of aromatic nitrogens is 4. The number of carbonyl (C=O) groups is 1. The Labute approximate surface area is 141 Å². The fourth-order valence-electron chi connectivity index (χ4n) is 2.59. The zero-order valence-corrected chi connectivity index (χ0v) is 13.4. The van der Waals surface area contributed by atoms with E-state index >= 15 is 0 Å². The zero-order valence-electron chi connectivity index (χ0n) is 12.6. The van der Waals surface area contributed by atoms with Crippen LogP contribution in [0.1, 0.15) is 16.1 Å². The Morgan fingerprint density at radius 3 is 2.71 bits per heavy atom. The summed E-state index contributed by atoms with van der Waals surface area (Å²) in [5.41, 5.74) is 2.60. The second kappa shape index (κ2) is 5.58. The Bertz CT molecular complexity index is 1070. The molecule has 0 amide bonds. The standard InChI is InChI=1S/C17H11ClN4O2/c1-10-15(16(20-24-10)11-6-2-3-7-12(11)18)17(23)22-14-9-5-4-8-13(14)19-21-22/h2-9H,1H3. The summed E-state index contributed by atoms with van der Waals surface area (Å²) in [7, 11) is 0. The minimum atomic E-state index is -0.364. The van der Waals surface area contributed by atoms with Gasteiger partial charge < -0.3 is 4.52 Å². The van der Waals surface area contributed by atoms with Crippen LogP contribution >= 0.6 is 11.6 Å². The van der Waals surface area contributed by atoms with Crippen LogP contribution in [0.2, 0.25) is 5.02 Å². The molecule has 2 heterocycles. The summed E-state index contributed by atoms with van der Waals surface area (Å²) in [4.78, 5) is 13.0. The van der Waals surface area contributed by atoms with E-state index in [2.05, 4.69) is 15.5 Å². The number of fused-ring (bicyclic) bond motifs is 1. The van der Waals surface area contributed by atoms with E-state index in [0.717, 1.165) is 0 Å². The number of nitrogens with zero attached hydrogens (tertiary/aromatic N) is 4. The lowest BCUT2D eigenvalue weighted by molar-refractivity contribution is 0.0947. The monoisotopic (exact) mass is 338 g/mol. The lowest BCUT2D eigenvalue weighted by atomic mass is 10.1. The fraction of sp³-hybridized carbons (Fsp3) is 0.0588. The summed E-state index contributed by atoms with van der Waals surface area (Å²) in [5.74, 6) is 0.0341. The number of para-hydroxylation sites is 1. The molecule has 0 fully saturated rings. The predicted octanol–water partition coefficient (Wildman–Crippen LogP) is 3.74. The quantitative estimate of drug-likeness (QED) is 0.556. The van der Waals surface area contributed by atoms with Crippen LogP contribution in [0.3, 0.4) is 0 Å². The van der Waals surface area contributed by atoms with Gasteiger partial charge in [-0.05, 0) is 25.1 Å². The van der Waals surface area contributed by atoms with Crippen LogP contribution in [0.4, 0.5) is 0 Å². The molecule has 118 valence electrons. The van der Waals surface area contributed by atoms with Crippen molar-refractivity contribution in [1.82, 2.24) is 20.2 Å². The molecule has 0 spiro atoms. The van der Waals surface area contributed by atoms with E-state index < -0.39 is 0 Å². The minimum absolute atomic E-state index is 0.318. The first-order valence-corrected chi connectivity index (χ1v) is 7.61. The molecule has 6 nitrogen and oxygen atoms in total. The average molecular weight is 339 g/mol. The van der Waals surface area contributed by atoms with Gasteiger partial charge in [0.2, 0.25) is 0 Å². The third kappa shape index (κ3) is 2.19. The number of aryl methyl sites for hydroxylation is 1. The first-order valence-electron chi connectivity index (χ1n) is 7.23. The van der Waals surface area contributed by atoms with E-state index in [1.807, 2.05) is 24.3 Å². The van der Waals surface area contributed by atoms with Crippen molar-refractivity contribution in [3.63, 3.8) is 0 Å². The van der Waals surface area contributed by atoms with Crippen molar-refractivity contribution < 1.29 is 9.32 Å². The lowest BCUT2D eigenvalue weighted by Gasteiger charge is -2.04. The molecule has 4 rings (SSSR count). The third-order valence-electron chi connectivity index (χ3n) is 3.75. The van der Waals surface area contributed by atoms with Crippen molar-refractivity contribution in [2.45, 2.75) is 6.92 Å². The molecule has 7 heteroatoms. The van der Waals surface area contributed by atoms with Crippen LogP contribution in [0.5, 0.6) is 0 Å². The molecule has 4 aromatic rings. The molecular weight excluding hydrogens is 328 g/mol. The largest absolute Gasteiger partial charge is 0.360 e. The maximum atomic E-state index is 13.0. The van der Waals surface area contributed by atoms with Crippen molar-refractivity contribution in [2.75, 3.05) is 0 Å². The molecule has 0 bridgehead atoms. The number of benzene rings is 2. The number of hydrogen-bond donors (Lipinski definition) is 0. The van der Waals surface area contributed by atoms with Crippen molar-refractivity contribution >= 4 is 28.5 Å². The molecule has 0 aliphatic heterocycles. The van der Waals surface area contributed by atoms with Crippen LogP contribution in [0.25, 0.3) is 22.3 Å². The Morgan fingerprint density at radius 2 is 1.88 bits per heavy atom. The normalized spacial score (nSPS) is 11.1. The highest BCUT2D eigenvalue weighted by molar-refractivity contribution is 6.33. The summed E-state index contributed by atoms with van der Waals surface area (Å²) in [6, 6.07) is 14.4. The van der Waals surface area contributed by atoms with Gasteiger partial charge in [-0.2, -0.15) is 4.68 Å². The van der Waals surface area contributed by atoms with Crippen LogP contribution in [-0.2, 0) is 0 Å². The molecular formula is C17H11ClN4O2. The van der Waals surface area contributed by atoms with E-state index in [1.165, 1.54) is 4.68 Å². The fourth-order valence-corrected chi connectivity index (χ4v) is 2.81. The molecule has 0 aliphatic rings. The van der Waals surface area contributed by atoms with Crippen LogP contribution in [-0.4, -0.2) is 26.1 Å². The van der Waals surface area contributed by atoms with Gasteiger partial charge in [-0.25, -0.2) is 0 Å². The highest BCUT2D eigenvalue weighted by Gasteiger charge is 2.26. The van der Waals surface area contributed by atoms with Crippen molar-refractivity contribution in [3.05, 3.63) is 64.9 Å². The SMILES string of the molecule is Cc1onc(-c2ccccc2Cl)c1C(=O)n1nnc2ccccc21. The van der Waals surface area contributed by atoms with Crippen molar-refractivity contribution in [1.29, 1.82) is 0 Å². The highest BCUT2D eigenvalue weighted by Crippen LogP contribution is 2.31. The maximum absolute atomic E-state index is 13.0. The lowest BCUT2D eigenvalue weighted by Crippen LogP contribution is -2.15. The molecule has 0 atom stereocenters. The number of hydrogen-bond acceptors (Lipinski definition) is 5. The Hall–Kier alpha value is -2.99. The number of halogens is 1. The molecule has 0 saturated heterocycles. The summed E-state index contributed by atoms with van der Waals surface area (Å²) in [6.45, 7) is 1.68. The summed E-state index contributed by atoms with van der Waals surface area (Å²) >= 11 is 6.24. The van der Waals surface area contributed by atoms with E-state index in [9.17, 15) is 4.79 Å². The zero-order chi connectivity index (χ0) is 16.7. The van der Waals surface area contributed by atoms with Crippen LogP contribution in [0, 0.1) is 6.92 Å². The molecule has 0 aliphatic carbocycles. The predicted molar refractivity (Wildman–Crippen MR) is 88.9 cm³/mol. The van der Waals surface area contributed by atoms with Crippen LogP contribution in [0.15, 0.2) is 53.1 Å². The molecule has 2 aromatic carbocycles. The molecule has 0 radical (unpaired) electrons. The third-order valence-corrected chi connectivity index (χ3v) is 4.08. The van der Waals surface area contributed by atoms with Gasteiger partial charge in [0, 0.05) is 5.56 Å². The van der Waals surface area contributed by atoms with Gasteiger partial charge in [-0.15, -0.1) is 5.10 Å². The summed E-state index contributed by atoms with van der Waals surface area (Å²) < 4.78 is 6.49. The van der Waals surface area contributed by atoms with Crippen LogP contribution < -0.4 is 0 Å². The Morgan fingerprint density at radius 1 is 1.12 bits per heavy atom. The first kappa shape index (κ1) is 14.6. The second-order valence-corrected chi connectivity index (χ2v) is 5.64. The smallest absolute Gasteiger partial charge is 0.286 e. The maximum Gasteiger partial charge on any atom is 0.286 e. The number of rotatable bonds is 2. The second-order valence-electron chi connectivity index (χ2n) is 5.24. The highest BCUT2D eigenvalue weighted by atomic mass is 35.5. The topological polar surface area (TPSA) is 73.8 Å². The summed E-state index contributed by atoms with van der Waals surface area (Å²) in [6.07, 6.45) is 0. The average Bonchev–Trinajstić information content (AvgIpc) is 3.18. The molecule has 0 unspecified atom stereocenters. The molecule has 24 heavy (non-hydrogen) atoms. The summed E-state index contributed by atoms with van der Waals surface area (Å²) in [5, 5.41) is 12.5. The van der Waals surface area contributed by atoms with E-state index in [4.69, 9.17) is 16.1 Å². The Balaban J connectivity index is 1.90. The van der Waals surface area contributed by atoms with E-state index in [-0.39, 0.29) is 5.91 Å². The van der Waals surface area contributed by atoms with Gasteiger partial charge in [0.05, 0.1) is 10.5 Å². The van der Waals surface area contributed by atoms with Gasteiger partial charge in [0.25, 0.3) is 5.91 Å². The van der Waals surface area contributed by atoms with Gasteiger partial charge in [0.1, 0.15) is 22.5 Å². The van der Waals surface area contributed by atoms with E-state index in [1.54, 1.807) is 31.2 Å². The van der Waals surface area contributed by atoms with Crippen molar-refractivity contribution in [3.8, 4) is 11.3 Å². The van der Waals surface area contributed by atoms with Gasteiger partial charge in [0.15, 0.2) is 0 Å². The van der Waals surface area contributed by atoms with E-state index in [0.29, 0.717) is 38.6 Å². The molecule has 0 N–H and O–H groups in total. The van der Waals surface area contributed by atoms with Gasteiger partial charge >= 0.3 is 0 Å². The molecule has 0 saturated carbocycles. The molecule has 2 aromatic heterocycles. The van der Waals surface area contributed by atoms with Gasteiger partial charge in [-0.1, -0.05) is 52.3 Å². The Kier molecular flexibility index (Phi) is 3.39.